The van der Waals surface area contributed by atoms with Crippen LogP contribution < -0.4 is 0 Å². The predicted octanol–water partition coefficient (Wildman–Crippen LogP) is 1.47. The fourth-order valence-electron chi connectivity index (χ4n) is 1.59. The number of rotatable bonds is 4. The summed E-state index contributed by atoms with van der Waals surface area (Å²) in [6.07, 6.45) is 8.92. The zero-order valence-electron chi connectivity index (χ0n) is 9.27. The van der Waals surface area contributed by atoms with Crippen molar-refractivity contribution < 1.29 is 9.21 Å². The predicted molar refractivity (Wildman–Crippen MR) is 58.7 cm³/mol. The number of aromatic nitrogens is 1. The van der Waals surface area contributed by atoms with Crippen LogP contribution in [0.2, 0.25) is 0 Å². The highest BCUT2D eigenvalue weighted by molar-refractivity contribution is 5.92. The van der Waals surface area contributed by atoms with Crippen molar-refractivity contribution in [3.8, 4) is 12.3 Å². The van der Waals surface area contributed by atoms with Gasteiger partial charge in [-0.3, -0.25) is 4.79 Å². The van der Waals surface area contributed by atoms with Crippen molar-refractivity contribution in [3.63, 3.8) is 0 Å². The molecule has 0 aliphatic heterocycles. The molecule has 4 heteroatoms. The fourth-order valence-corrected chi connectivity index (χ4v) is 1.59. The smallest absolute Gasteiger partial charge is 0.292 e. The largest absolute Gasteiger partial charge is 0.438 e. The Morgan fingerprint density at radius 2 is 2.50 bits per heavy atom. The molecular formula is C12H14N2O2. The third-order valence-electron chi connectivity index (χ3n) is 2.68. The van der Waals surface area contributed by atoms with E-state index in [9.17, 15) is 4.79 Å². The second-order valence-electron chi connectivity index (χ2n) is 4.10. The number of carbonyl (C=O) groups is 1. The van der Waals surface area contributed by atoms with Crippen LogP contribution in [0.5, 0.6) is 0 Å². The van der Waals surface area contributed by atoms with Crippen molar-refractivity contribution >= 4 is 5.91 Å². The summed E-state index contributed by atoms with van der Waals surface area (Å²) >= 11 is 0. The molecule has 0 unspecified atom stereocenters. The molecule has 2 rings (SSSR count). The lowest BCUT2D eigenvalue weighted by atomic mass is 10.3. The van der Waals surface area contributed by atoms with Crippen LogP contribution in [0.3, 0.4) is 0 Å². The lowest BCUT2D eigenvalue weighted by molar-refractivity contribution is 0.0737. The quantitative estimate of drug-likeness (QED) is 0.719. The first kappa shape index (κ1) is 10.7. The standard InChI is InChI=1S/C12H14N2O2/c1-3-6-14(7-10-4-5-10)12(15)11-9(2)13-8-16-11/h1,8,10H,4-7H2,2H3. The van der Waals surface area contributed by atoms with Crippen molar-refractivity contribution in [1.82, 2.24) is 9.88 Å². The van der Waals surface area contributed by atoms with Crippen LogP contribution in [0.25, 0.3) is 0 Å². The molecule has 0 bridgehead atoms. The second kappa shape index (κ2) is 4.40. The highest BCUT2D eigenvalue weighted by Gasteiger charge is 2.28. The zero-order chi connectivity index (χ0) is 11.5. The number of terminal acetylenes is 1. The number of hydrogen-bond donors (Lipinski definition) is 0. The van der Waals surface area contributed by atoms with Crippen LogP contribution in [0.1, 0.15) is 29.1 Å². The molecule has 1 fully saturated rings. The molecule has 1 aliphatic rings. The Hall–Kier alpha value is -1.76. The molecule has 0 aromatic carbocycles. The molecule has 1 heterocycles. The van der Waals surface area contributed by atoms with E-state index in [1.807, 2.05) is 0 Å². The maximum Gasteiger partial charge on any atom is 0.292 e. The van der Waals surface area contributed by atoms with Crippen molar-refractivity contribution in [2.24, 2.45) is 5.92 Å². The van der Waals surface area contributed by atoms with E-state index < -0.39 is 0 Å². The van der Waals surface area contributed by atoms with E-state index in [4.69, 9.17) is 10.8 Å². The van der Waals surface area contributed by atoms with Gasteiger partial charge in [0.15, 0.2) is 6.39 Å². The van der Waals surface area contributed by atoms with Gasteiger partial charge >= 0.3 is 0 Å². The SMILES string of the molecule is C#CCN(CC1CC1)C(=O)c1ocnc1C. The molecule has 0 radical (unpaired) electrons. The topological polar surface area (TPSA) is 46.3 Å². The monoisotopic (exact) mass is 218 g/mol. The van der Waals surface area contributed by atoms with Gasteiger partial charge in [0, 0.05) is 6.54 Å². The first-order chi connectivity index (χ1) is 7.72. The van der Waals surface area contributed by atoms with E-state index in [1.165, 1.54) is 19.2 Å². The minimum atomic E-state index is -0.153. The lowest BCUT2D eigenvalue weighted by Crippen LogP contribution is -2.33. The fraction of sp³-hybridized carbons (Fsp3) is 0.500. The highest BCUT2D eigenvalue weighted by atomic mass is 16.3. The number of oxazole rings is 1. The van der Waals surface area contributed by atoms with Gasteiger partial charge in [0.2, 0.25) is 5.76 Å². The molecular weight excluding hydrogens is 204 g/mol. The zero-order valence-corrected chi connectivity index (χ0v) is 9.27. The van der Waals surface area contributed by atoms with E-state index in [0.29, 0.717) is 23.9 Å². The number of hydrogen-bond acceptors (Lipinski definition) is 3. The molecule has 1 aromatic rings. The molecule has 0 N–H and O–H groups in total. The van der Waals surface area contributed by atoms with Crippen LogP contribution in [0, 0.1) is 25.2 Å². The Labute approximate surface area is 94.6 Å². The van der Waals surface area contributed by atoms with Gasteiger partial charge in [-0.05, 0) is 25.7 Å². The van der Waals surface area contributed by atoms with E-state index in [-0.39, 0.29) is 5.91 Å². The highest BCUT2D eigenvalue weighted by Crippen LogP contribution is 2.30. The average Bonchev–Trinajstić information content (AvgIpc) is 2.98. The Morgan fingerprint density at radius 3 is 3.00 bits per heavy atom. The summed E-state index contributed by atoms with van der Waals surface area (Å²) in [7, 11) is 0. The molecule has 1 aromatic heterocycles. The molecule has 84 valence electrons. The number of nitrogens with zero attached hydrogens (tertiary/aromatic N) is 2. The van der Waals surface area contributed by atoms with Gasteiger partial charge in [-0.1, -0.05) is 5.92 Å². The summed E-state index contributed by atoms with van der Waals surface area (Å²) in [5.74, 6) is 3.27. The van der Waals surface area contributed by atoms with Gasteiger partial charge in [0.1, 0.15) is 0 Å². The summed E-state index contributed by atoms with van der Waals surface area (Å²) in [6, 6.07) is 0. The second-order valence-corrected chi connectivity index (χ2v) is 4.10. The molecule has 0 saturated heterocycles. The van der Waals surface area contributed by atoms with Crippen LogP contribution in [-0.4, -0.2) is 28.9 Å². The van der Waals surface area contributed by atoms with E-state index in [2.05, 4.69) is 10.9 Å². The van der Waals surface area contributed by atoms with Crippen molar-refractivity contribution in [2.45, 2.75) is 19.8 Å². The van der Waals surface area contributed by atoms with E-state index in [0.717, 1.165) is 6.54 Å². The van der Waals surface area contributed by atoms with Gasteiger partial charge < -0.3 is 9.32 Å². The minimum Gasteiger partial charge on any atom is -0.438 e. The Bertz CT molecular complexity index is 426. The van der Waals surface area contributed by atoms with E-state index in [1.54, 1.807) is 11.8 Å². The third kappa shape index (κ3) is 2.25. The summed E-state index contributed by atoms with van der Waals surface area (Å²) in [4.78, 5) is 17.6. The average molecular weight is 218 g/mol. The van der Waals surface area contributed by atoms with Crippen LogP contribution >= 0.6 is 0 Å². The number of carbonyl (C=O) groups excluding carboxylic acids is 1. The van der Waals surface area contributed by atoms with Gasteiger partial charge in [-0.25, -0.2) is 4.98 Å². The van der Waals surface area contributed by atoms with Gasteiger partial charge in [-0.15, -0.1) is 6.42 Å². The minimum absolute atomic E-state index is 0.153. The molecule has 16 heavy (non-hydrogen) atoms. The molecule has 1 aliphatic carbocycles. The first-order valence-electron chi connectivity index (χ1n) is 5.35. The number of aryl methyl sites for hydroxylation is 1. The van der Waals surface area contributed by atoms with Crippen LogP contribution in [0.15, 0.2) is 10.8 Å². The molecule has 4 nitrogen and oxygen atoms in total. The normalized spacial score (nSPS) is 14.5. The van der Waals surface area contributed by atoms with Crippen LogP contribution in [-0.2, 0) is 0 Å². The lowest BCUT2D eigenvalue weighted by Gasteiger charge is -2.18. The molecule has 1 amide bonds. The van der Waals surface area contributed by atoms with Crippen molar-refractivity contribution in [2.75, 3.05) is 13.1 Å². The Kier molecular flexibility index (Phi) is 2.95. The van der Waals surface area contributed by atoms with E-state index >= 15 is 0 Å². The molecule has 0 spiro atoms. The van der Waals surface area contributed by atoms with Crippen molar-refractivity contribution in [1.29, 1.82) is 0 Å². The first-order valence-corrected chi connectivity index (χ1v) is 5.35. The van der Waals surface area contributed by atoms with Gasteiger partial charge in [0.25, 0.3) is 5.91 Å². The maximum absolute atomic E-state index is 12.1. The summed E-state index contributed by atoms with van der Waals surface area (Å²) in [5, 5.41) is 0. The molecule has 0 atom stereocenters. The molecule has 1 saturated carbocycles. The summed E-state index contributed by atoms with van der Waals surface area (Å²) in [5.41, 5.74) is 0.614. The Balaban J connectivity index is 2.10. The third-order valence-corrected chi connectivity index (χ3v) is 2.68. The Morgan fingerprint density at radius 1 is 1.75 bits per heavy atom. The van der Waals surface area contributed by atoms with Crippen molar-refractivity contribution in [3.05, 3.63) is 17.8 Å². The number of amides is 1. The van der Waals surface area contributed by atoms with Crippen LogP contribution in [0.4, 0.5) is 0 Å². The summed E-state index contributed by atoms with van der Waals surface area (Å²) < 4.78 is 5.08. The van der Waals surface area contributed by atoms with Gasteiger partial charge in [-0.2, -0.15) is 0 Å². The maximum atomic E-state index is 12.1. The summed E-state index contributed by atoms with van der Waals surface area (Å²) in [6.45, 7) is 2.81. The van der Waals surface area contributed by atoms with Gasteiger partial charge in [0.05, 0.1) is 12.2 Å².